The molecule has 0 unspecified atom stereocenters. The predicted octanol–water partition coefficient (Wildman–Crippen LogP) is 3.34. The molecule has 0 saturated heterocycles. The van der Waals surface area contributed by atoms with Crippen LogP contribution in [0.25, 0.3) is 0 Å². The fourth-order valence-electron chi connectivity index (χ4n) is 2.57. The van der Waals surface area contributed by atoms with Crippen molar-refractivity contribution in [2.45, 2.75) is 39.4 Å². The van der Waals surface area contributed by atoms with E-state index in [1.165, 1.54) is 10.4 Å². The lowest BCUT2D eigenvalue weighted by Crippen LogP contribution is -2.31. The summed E-state index contributed by atoms with van der Waals surface area (Å²) >= 11 is 1.79. The Morgan fingerprint density at radius 2 is 2.29 bits per heavy atom. The van der Waals surface area contributed by atoms with Gasteiger partial charge in [0, 0.05) is 42.3 Å². The van der Waals surface area contributed by atoms with Crippen molar-refractivity contribution in [3.05, 3.63) is 45.5 Å². The molecule has 2 aromatic heterocycles. The van der Waals surface area contributed by atoms with Gasteiger partial charge >= 0.3 is 0 Å². The lowest BCUT2D eigenvalue weighted by Gasteiger charge is -2.28. The highest BCUT2D eigenvalue weighted by molar-refractivity contribution is 7.10. The lowest BCUT2D eigenvalue weighted by molar-refractivity contribution is 0.545. The van der Waals surface area contributed by atoms with E-state index in [1.807, 2.05) is 4.90 Å². The van der Waals surface area contributed by atoms with Crippen LogP contribution in [0.1, 0.15) is 29.9 Å². The van der Waals surface area contributed by atoms with Gasteiger partial charge in [0.25, 0.3) is 0 Å². The van der Waals surface area contributed by atoms with E-state index in [-0.39, 0.29) is 5.82 Å². The largest absolute Gasteiger partial charge is 0.349 e. The van der Waals surface area contributed by atoms with Crippen LogP contribution in [0.3, 0.4) is 0 Å². The summed E-state index contributed by atoms with van der Waals surface area (Å²) in [6.45, 7) is 6.24. The van der Waals surface area contributed by atoms with Gasteiger partial charge in [-0.2, -0.15) is 0 Å². The highest BCUT2D eigenvalue weighted by Gasteiger charge is 2.22. The number of nitrogens with one attached hydrogen (secondary N) is 1. The molecular formula is C16H20FN3S. The standard InChI is InChI=1S/C16H20FN3S/c1-11(2)19-9-12-3-6-18-16(15(12)17)20-7-4-14-13(10-20)5-8-21-14/h3,5-6,8,11,19H,4,7,9-10H2,1-2H3. The summed E-state index contributed by atoms with van der Waals surface area (Å²) in [6.07, 6.45) is 2.68. The highest BCUT2D eigenvalue weighted by Crippen LogP contribution is 2.28. The van der Waals surface area contributed by atoms with Gasteiger partial charge in [-0.3, -0.25) is 0 Å². The average Bonchev–Trinajstić information content (AvgIpc) is 2.93. The minimum Gasteiger partial charge on any atom is -0.349 e. The van der Waals surface area contributed by atoms with Crippen LogP contribution in [0.5, 0.6) is 0 Å². The fourth-order valence-corrected chi connectivity index (χ4v) is 3.46. The molecule has 1 N–H and O–H groups in total. The summed E-state index contributed by atoms with van der Waals surface area (Å²) in [5.41, 5.74) is 1.99. The van der Waals surface area contributed by atoms with Gasteiger partial charge in [0.1, 0.15) is 0 Å². The summed E-state index contributed by atoms with van der Waals surface area (Å²) in [5.74, 6) is 0.291. The lowest BCUT2D eigenvalue weighted by atomic mass is 10.1. The number of hydrogen-bond donors (Lipinski definition) is 1. The Morgan fingerprint density at radius 1 is 1.43 bits per heavy atom. The van der Waals surface area contributed by atoms with Crippen LogP contribution in [0.4, 0.5) is 10.2 Å². The molecule has 3 heterocycles. The Hall–Kier alpha value is -1.46. The molecule has 21 heavy (non-hydrogen) atoms. The molecule has 0 amide bonds. The zero-order valence-corrected chi connectivity index (χ0v) is 13.2. The Balaban J connectivity index is 1.81. The number of hydrogen-bond acceptors (Lipinski definition) is 4. The Kier molecular flexibility index (Phi) is 4.22. The summed E-state index contributed by atoms with van der Waals surface area (Å²) in [7, 11) is 0. The summed E-state index contributed by atoms with van der Waals surface area (Å²) < 4.78 is 14.7. The zero-order valence-electron chi connectivity index (χ0n) is 12.4. The van der Waals surface area contributed by atoms with Gasteiger partial charge in [0.2, 0.25) is 0 Å². The molecule has 0 saturated carbocycles. The van der Waals surface area contributed by atoms with Crippen LogP contribution in [-0.4, -0.2) is 17.6 Å². The second-order valence-electron chi connectivity index (χ2n) is 5.68. The SMILES string of the molecule is CC(C)NCc1ccnc(N2CCc3sccc3C2)c1F. The molecule has 2 aromatic rings. The monoisotopic (exact) mass is 305 g/mol. The number of anilines is 1. The molecule has 0 bridgehead atoms. The third-order valence-electron chi connectivity index (χ3n) is 3.76. The first-order valence-corrected chi connectivity index (χ1v) is 8.20. The van der Waals surface area contributed by atoms with E-state index >= 15 is 0 Å². The molecule has 3 rings (SSSR count). The van der Waals surface area contributed by atoms with Crippen molar-refractivity contribution < 1.29 is 4.39 Å². The number of pyridine rings is 1. The van der Waals surface area contributed by atoms with Gasteiger partial charge in [-0.1, -0.05) is 13.8 Å². The van der Waals surface area contributed by atoms with Crippen LogP contribution < -0.4 is 10.2 Å². The van der Waals surface area contributed by atoms with Crippen molar-refractivity contribution in [3.63, 3.8) is 0 Å². The minimum atomic E-state index is -0.190. The van der Waals surface area contributed by atoms with Crippen LogP contribution in [0.2, 0.25) is 0 Å². The van der Waals surface area contributed by atoms with Crippen LogP contribution in [-0.2, 0) is 19.5 Å². The molecule has 0 radical (unpaired) electrons. The number of nitrogens with zero attached hydrogens (tertiary/aromatic N) is 2. The van der Waals surface area contributed by atoms with Crippen molar-refractivity contribution >= 4 is 17.2 Å². The highest BCUT2D eigenvalue weighted by atomic mass is 32.1. The molecule has 0 aromatic carbocycles. The molecule has 5 heteroatoms. The second kappa shape index (κ2) is 6.12. The average molecular weight is 305 g/mol. The number of halogens is 1. The van der Waals surface area contributed by atoms with Gasteiger partial charge in [0.15, 0.2) is 11.6 Å². The molecule has 0 spiro atoms. The maximum Gasteiger partial charge on any atom is 0.170 e. The van der Waals surface area contributed by atoms with Crippen molar-refractivity contribution in [3.8, 4) is 0 Å². The normalized spacial score (nSPS) is 14.6. The predicted molar refractivity (Wildman–Crippen MR) is 85.2 cm³/mol. The van der Waals surface area contributed by atoms with E-state index in [2.05, 4.69) is 35.6 Å². The second-order valence-corrected chi connectivity index (χ2v) is 6.68. The van der Waals surface area contributed by atoms with E-state index in [4.69, 9.17) is 0 Å². The molecule has 0 atom stereocenters. The molecule has 1 aliphatic heterocycles. The third-order valence-corrected chi connectivity index (χ3v) is 4.78. The molecule has 112 valence electrons. The first kappa shape index (κ1) is 14.5. The number of fused-ring (bicyclic) bond motifs is 1. The van der Waals surface area contributed by atoms with Crippen molar-refractivity contribution in [2.24, 2.45) is 0 Å². The van der Waals surface area contributed by atoms with Gasteiger partial charge in [-0.15, -0.1) is 11.3 Å². The quantitative estimate of drug-likeness (QED) is 0.939. The van der Waals surface area contributed by atoms with E-state index in [9.17, 15) is 4.39 Å². The Labute approximate surface area is 128 Å². The van der Waals surface area contributed by atoms with Crippen LogP contribution in [0, 0.1) is 5.82 Å². The number of rotatable bonds is 4. The Bertz CT molecular complexity index is 624. The van der Waals surface area contributed by atoms with Crippen molar-refractivity contribution in [1.82, 2.24) is 10.3 Å². The molecule has 0 aliphatic carbocycles. The first-order chi connectivity index (χ1) is 10.1. The number of aromatic nitrogens is 1. The topological polar surface area (TPSA) is 28.2 Å². The fraction of sp³-hybridized carbons (Fsp3) is 0.438. The van der Waals surface area contributed by atoms with Gasteiger partial charge in [-0.25, -0.2) is 9.37 Å². The maximum atomic E-state index is 14.7. The number of thiophene rings is 1. The molecule has 0 fully saturated rings. The molecule has 1 aliphatic rings. The van der Waals surface area contributed by atoms with Crippen LogP contribution in [0.15, 0.2) is 23.7 Å². The Morgan fingerprint density at radius 3 is 3.10 bits per heavy atom. The van der Waals surface area contributed by atoms with Gasteiger partial charge in [-0.05, 0) is 29.5 Å². The third kappa shape index (κ3) is 3.09. The van der Waals surface area contributed by atoms with Crippen LogP contribution >= 0.6 is 11.3 Å². The van der Waals surface area contributed by atoms with E-state index in [0.717, 1.165) is 19.5 Å². The summed E-state index contributed by atoms with van der Waals surface area (Å²) in [5, 5.41) is 5.37. The minimum absolute atomic E-state index is 0.190. The molecule has 3 nitrogen and oxygen atoms in total. The van der Waals surface area contributed by atoms with Gasteiger partial charge < -0.3 is 10.2 Å². The smallest absolute Gasteiger partial charge is 0.170 e. The summed E-state index contributed by atoms with van der Waals surface area (Å²) in [4.78, 5) is 7.74. The van der Waals surface area contributed by atoms with E-state index in [1.54, 1.807) is 23.6 Å². The first-order valence-electron chi connectivity index (χ1n) is 7.32. The molecular weight excluding hydrogens is 285 g/mol. The maximum absolute atomic E-state index is 14.7. The van der Waals surface area contributed by atoms with Crippen molar-refractivity contribution in [1.29, 1.82) is 0 Å². The zero-order chi connectivity index (χ0) is 14.8. The van der Waals surface area contributed by atoms with E-state index in [0.29, 0.717) is 24.0 Å². The van der Waals surface area contributed by atoms with Crippen molar-refractivity contribution in [2.75, 3.05) is 11.4 Å². The van der Waals surface area contributed by atoms with E-state index < -0.39 is 0 Å². The van der Waals surface area contributed by atoms with Gasteiger partial charge in [0.05, 0.1) is 0 Å². The summed E-state index contributed by atoms with van der Waals surface area (Å²) in [6, 6.07) is 4.23.